The van der Waals surface area contributed by atoms with Crippen molar-refractivity contribution in [2.75, 3.05) is 0 Å². The third kappa shape index (κ3) is 4.75. The zero-order chi connectivity index (χ0) is 35.6. The van der Waals surface area contributed by atoms with E-state index in [1.165, 1.54) is 59.5 Å². The number of hydrogen-bond donors (Lipinski definition) is 0. The van der Waals surface area contributed by atoms with E-state index in [-0.39, 0.29) is 0 Å². The fourth-order valence-electron chi connectivity index (χ4n) is 8.67. The third-order valence-corrected chi connectivity index (χ3v) is 12.3. The lowest BCUT2D eigenvalue weighted by atomic mass is 9.66. The van der Waals surface area contributed by atoms with E-state index in [1.54, 1.807) is 0 Å². The Morgan fingerprint density at radius 1 is 0.333 bits per heavy atom. The fourth-order valence-corrected chi connectivity index (χ4v) is 9.87. The number of rotatable bonds is 4. The maximum absolute atomic E-state index is 5.08. The summed E-state index contributed by atoms with van der Waals surface area (Å²) in [6.07, 6.45) is 0. The Bertz CT molecular complexity index is 2790. The van der Waals surface area contributed by atoms with Gasteiger partial charge in [0.05, 0.1) is 16.8 Å². The standard InChI is InChI=1S/C51H32N2S/c1-3-13-34(14-4-1)46-32-47(35-15-5-2-6-16-35)53-50(52-46)36-25-23-33(24-26-36)39-27-28-48-44(30-39)51(45-29-37-17-7-8-18-38(37)31-49(45)54-48)42-21-11-9-19-40(42)41-20-10-12-22-43(41)51/h1-32H. The second-order valence-electron chi connectivity index (χ2n) is 14.1. The number of aromatic nitrogens is 2. The Morgan fingerprint density at radius 2 is 0.833 bits per heavy atom. The zero-order valence-corrected chi connectivity index (χ0v) is 30.1. The first-order valence-electron chi connectivity index (χ1n) is 18.4. The molecule has 0 N–H and O–H groups in total. The summed E-state index contributed by atoms with van der Waals surface area (Å²) in [5.41, 5.74) is 14.9. The average Bonchev–Trinajstić information content (AvgIpc) is 3.54. The van der Waals surface area contributed by atoms with Crippen LogP contribution in [-0.4, -0.2) is 9.97 Å². The zero-order valence-electron chi connectivity index (χ0n) is 29.3. The molecule has 9 aromatic rings. The predicted molar refractivity (Wildman–Crippen MR) is 223 cm³/mol. The van der Waals surface area contributed by atoms with Gasteiger partial charge in [-0.15, -0.1) is 0 Å². The van der Waals surface area contributed by atoms with Gasteiger partial charge < -0.3 is 0 Å². The molecule has 1 aliphatic heterocycles. The summed E-state index contributed by atoms with van der Waals surface area (Å²) >= 11 is 1.89. The Hall–Kier alpha value is -6.55. The van der Waals surface area contributed by atoms with E-state index in [2.05, 4.69) is 182 Å². The van der Waals surface area contributed by atoms with Gasteiger partial charge in [-0.2, -0.15) is 0 Å². The average molecular weight is 705 g/mol. The largest absolute Gasteiger partial charge is 0.228 e. The van der Waals surface area contributed by atoms with Gasteiger partial charge in [0.25, 0.3) is 0 Å². The van der Waals surface area contributed by atoms with E-state index in [9.17, 15) is 0 Å². The highest BCUT2D eigenvalue weighted by molar-refractivity contribution is 7.99. The molecule has 252 valence electrons. The molecule has 0 amide bonds. The Labute approximate surface area is 318 Å². The van der Waals surface area contributed by atoms with Crippen molar-refractivity contribution >= 4 is 22.5 Å². The summed E-state index contributed by atoms with van der Waals surface area (Å²) in [5.74, 6) is 0.713. The summed E-state index contributed by atoms with van der Waals surface area (Å²) in [6.45, 7) is 0. The molecule has 0 radical (unpaired) electrons. The SMILES string of the molecule is c1ccc(-c2cc(-c3ccccc3)nc(-c3ccc(-c4ccc5c(c4)C4(c6cc7ccccc7cc6S5)c5ccccc5-c5ccccc54)cc3)n2)cc1. The number of hydrogen-bond acceptors (Lipinski definition) is 3. The van der Waals surface area contributed by atoms with Gasteiger partial charge in [-0.05, 0) is 85.6 Å². The van der Waals surface area contributed by atoms with Gasteiger partial charge in [0.15, 0.2) is 5.82 Å². The van der Waals surface area contributed by atoms with E-state index < -0.39 is 5.41 Å². The van der Waals surface area contributed by atoms with E-state index in [0.717, 1.165) is 33.6 Å². The van der Waals surface area contributed by atoms with Gasteiger partial charge in [-0.25, -0.2) is 9.97 Å². The van der Waals surface area contributed by atoms with Crippen molar-refractivity contribution in [1.82, 2.24) is 9.97 Å². The molecule has 0 bridgehead atoms. The van der Waals surface area contributed by atoms with Crippen molar-refractivity contribution in [3.8, 4) is 56.2 Å². The van der Waals surface area contributed by atoms with Crippen molar-refractivity contribution in [1.29, 1.82) is 0 Å². The van der Waals surface area contributed by atoms with Crippen molar-refractivity contribution in [2.45, 2.75) is 15.2 Å². The molecule has 1 aromatic heterocycles. The maximum atomic E-state index is 5.08. The number of nitrogens with zero attached hydrogens (tertiary/aromatic N) is 2. The molecule has 1 aliphatic carbocycles. The van der Waals surface area contributed by atoms with Gasteiger partial charge in [0, 0.05) is 26.5 Å². The summed E-state index contributed by atoms with van der Waals surface area (Å²) in [6, 6.07) is 70.3. The molecule has 0 unspecified atom stereocenters. The van der Waals surface area contributed by atoms with Crippen LogP contribution in [0.2, 0.25) is 0 Å². The van der Waals surface area contributed by atoms with E-state index in [1.807, 2.05) is 23.9 Å². The first-order chi connectivity index (χ1) is 26.7. The van der Waals surface area contributed by atoms with Crippen LogP contribution in [0.4, 0.5) is 0 Å². The van der Waals surface area contributed by atoms with Gasteiger partial charge in [0.2, 0.25) is 0 Å². The molecule has 2 nitrogen and oxygen atoms in total. The monoisotopic (exact) mass is 704 g/mol. The first-order valence-corrected chi connectivity index (χ1v) is 19.2. The highest BCUT2D eigenvalue weighted by atomic mass is 32.2. The van der Waals surface area contributed by atoms with Gasteiger partial charge in [-0.1, -0.05) is 176 Å². The predicted octanol–water partition coefficient (Wildman–Crippen LogP) is 13.1. The normalized spacial score (nSPS) is 13.3. The smallest absolute Gasteiger partial charge is 0.160 e. The number of benzene rings is 8. The Morgan fingerprint density at radius 3 is 1.46 bits per heavy atom. The quantitative estimate of drug-likeness (QED) is 0.182. The van der Waals surface area contributed by atoms with Crippen LogP contribution in [0.1, 0.15) is 22.3 Å². The Kier molecular flexibility index (Phi) is 7.05. The lowest BCUT2D eigenvalue weighted by Gasteiger charge is -2.40. The van der Waals surface area contributed by atoms with Crippen LogP contribution in [0.25, 0.3) is 66.9 Å². The first kappa shape index (κ1) is 31.0. The number of fused-ring (bicyclic) bond motifs is 10. The van der Waals surface area contributed by atoms with E-state index >= 15 is 0 Å². The van der Waals surface area contributed by atoms with Gasteiger partial charge >= 0.3 is 0 Å². The molecule has 11 rings (SSSR count). The molecule has 2 heterocycles. The van der Waals surface area contributed by atoms with Crippen LogP contribution in [0.5, 0.6) is 0 Å². The van der Waals surface area contributed by atoms with Crippen molar-refractivity contribution < 1.29 is 0 Å². The van der Waals surface area contributed by atoms with Crippen LogP contribution in [0, 0.1) is 0 Å². The van der Waals surface area contributed by atoms with Crippen LogP contribution in [-0.2, 0) is 5.41 Å². The van der Waals surface area contributed by atoms with E-state index in [0.29, 0.717) is 5.82 Å². The lowest BCUT2D eigenvalue weighted by molar-refractivity contribution is 0.724. The third-order valence-electron chi connectivity index (χ3n) is 11.1. The Balaban J connectivity index is 1.07. The molecule has 3 heteroatoms. The molecule has 0 saturated heterocycles. The van der Waals surface area contributed by atoms with Crippen molar-refractivity contribution in [3.05, 3.63) is 216 Å². The molecule has 1 spiro atoms. The highest BCUT2D eigenvalue weighted by Crippen LogP contribution is 2.62. The molecule has 0 saturated carbocycles. The fraction of sp³-hybridized carbons (Fsp3) is 0.0196. The van der Waals surface area contributed by atoms with Crippen LogP contribution in [0.15, 0.2) is 204 Å². The van der Waals surface area contributed by atoms with Crippen LogP contribution < -0.4 is 0 Å². The minimum atomic E-state index is -0.442. The van der Waals surface area contributed by atoms with Crippen molar-refractivity contribution in [2.24, 2.45) is 0 Å². The molecule has 0 fully saturated rings. The second kappa shape index (κ2) is 12.3. The summed E-state index contributed by atoms with van der Waals surface area (Å²) in [5, 5.41) is 2.54. The van der Waals surface area contributed by atoms with Gasteiger partial charge in [0.1, 0.15) is 0 Å². The topological polar surface area (TPSA) is 25.8 Å². The summed E-state index contributed by atoms with van der Waals surface area (Å²) in [4.78, 5) is 12.8. The summed E-state index contributed by atoms with van der Waals surface area (Å²) < 4.78 is 0. The minimum absolute atomic E-state index is 0.442. The molecule has 0 atom stereocenters. The molecular weight excluding hydrogens is 673 g/mol. The van der Waals surface area contributed by atoms with Crippen molar-refractivity contribution in [3.63, 3.8) is 0 Å². The minimum Gasteiger partial charge on any atom is -0.228 e. The second-order valence-corrected chi connectivity index (χ2v) is 15.2. The molecule has 2 aliphatic rings. The molecule has 54 heavy (non-hydrogen) atoms. The van der Waals surface area contributed by atoms with Crippen LogP contribution >= 0.6 is 11.8 Å². The van der Waals surface area contributed by atoms with E-state index in [4.69, 9.17) is 9.97 Å². The molecule has 8 aromatic carbocycles. The maximum Gasteiger partial charge on any atom is 0.160 e. The van der Waals surface area contributed by atoms with Gasteiger partial charge in [-0.3, -0.25) is 0 Å². The molecular formula is C51H32N2S. The lowest BCUT2D eigenvalue weighted by Crippen LogP contribution is -2.32. The van der Waals surface area contributed by atoms with Crippen LogP contribution in [0.3, 0.4) is 0 Å². The summed E-state index contributed by atoms with van der Waals surface area (Å²) in [7, 11) is 0. The highest BCUT2D eigenvalue weighted by Gasteiger charge is 2.50.